The zero-order valence-electron chi connectivity index (χ0n) is 17.3. The van der Waals surface area contributed by atoms with E-state index in [4.69, 9.17) is 0 Å². The van der Waals surface area contributed by atoms with Crippen LogP contribution in [0.15, 0.2) is 0 Å². The van der Waals surface area contributed by atoms with Crippen LogP contribution in [0.1, 0.15) is 71.1 Å². The zero-order chi connectivity index (χ0) is 19.1. The first-order valence-corrected chi connectivity index (χ1v) is 11.5. The first-order valence-electron chi connectivity index (χ1n) is 11.5. The minimum Gasteiger partial charge on any atom is -0.342 e. The monoisotopic (exact) mass is 377 g/mol. The maximum absolute atomic E-state index is 13.1. The van der Waals surface area contributed by atoms with Crippen LogP contribution in [0.4, 0.5) is 0 Å². The van der Waals surface area contributed by atoms with Crippen molar-refractivity contribution < 1.29 is 9.59 Å². The predicted molar refractivity (Wildman–Crippen MR) is 108 cm³/mol. The van der Waals surface area contributed by atoms with Gasteiger partial charge in [-0.05, 0) is 51.0 Å². The predicted octanol–water partition coefficient (Wildman–Crippen LogP) is 3.14. The number of rotatable bonds is 5. The highest BCUT2D eigenvalue weighted by Crippen LogP contribution is 2.25. The van der Waals surface area contributed by atoms with Crippen LogP contribution in [-0.4, -0.2) is 72.3 Å². The third-order valence-electron chi connectivity index (χ3n) is 6.73. The van der Waals surface area contributed by atoms with Crippen molar-refractivity contribution in [1.29, 1.82) is 0 Å². The lowest BCUT2D eigenvalue weighted by atomic mass is 9.89. The summed E-state index contributed by atoms with van der Waals surface area (Å²) in [7, 11) is 0. The van der Waals surface area contributed by atoms with Crippen molar-refractivity contribution in [2.45, 2.75) is 71.1 Å². The van der Waals surface area contributed by atoms with Crippen LogP contribution < -0.4 is 0 Å². The Bertz CT molecular complexity index is 490. The molecule has 0 aromatic heterocycles. The minimum absolute atomic E-state index is 0.0180. The molecule has 0 radical (unpaired) electrons. The summed E-state index contributed by atoms with van der Waals surface area (Å²) < 4.78 is 0. The molecular formula is C22H39N3O2. The van der Waals surface area contributed by atoms with Gasteiger partial charge in [0.2, 0.25) is 11.8 Å². The highest BCUT2D eigenvalue weighted by Gasteiger charge is 2.32. The molecule has 0 N–H and O–H groups in total. The van der Waals surface area contributed by atoms with Crippen LogP contribution in [0.25, 0.3) is 0 Å². The molecule has 1 atom stereocenters. The number of hydrogen-bond donors (Lipinski definition) is 0. The third-order valence-corrected chi connectivity index (χ3v) is 6.73. The molecule has 0 aromatic rings. The molecule has 0 spiro atoms. The standard InChI is InChI=1S/C22H39N3O2/c1-2-8-21(26)25-13-6-11-20(18-25)22(27)24-14-7-12-23(15-16-24)17-19-9-4-3-5-10-19/h19-20H,2-18H2,1H3/t20-/m1/s1. The van der Waals surface area contributed by atoms with Gasteiger partial charge in [0.25, 0.3) is 0 Å². The van der Waals surface area contributed by atoms with Gasteiger partial charge < -0.3 is 14.7 Å². The van der Waals surface area contributed by atoms with E-state index in [0.717, 1.165) is 64.3 Å². The molecule has 3 aliphatic rings. The molecule has 1 aliphatic carbocycles. The highest BCUT2D eigenvalue weighted by atomic mass is 16.2. The summed E-state index contributed by atoms with van der Waals surface area (Å²) in [5.41, 5.74) is 0. The molecule has 27 heavy (non-hydrogen) atoms. The molecule has 2 saturated heterocycles. The average molecular weight is 378 g/mol. The van der Waals surface area contributed by atoms with E-state index in [0.29, 0.717) is 18.9 Å². The van der Waals surface area contributed by atoms with Gasteiger partial charge in [0.1, 0.15) is 0 Å². The van der Waals surface area contributed by atoms with E-state index in [1.165, 1.54) is 38.6 Å². The van der Waals surface area contributed by atoms with E-state index in [1.54, 1.807) is 0 Å². The van der Waals surface area contributed by atoms with Gasteiger partial charge >= 0.3 is 0 Å². The largest absolute Gasteiger partial charge is 0.342 e. The maximum atomic E-state index is 13.1. The summed E-state index contributed by atoms with van der Waals surface area (Å²) in [6.45, 7) is 8.65. The van der Waals surface area contributed by atoms with Crippen LogP contribution in [0.3, 0.4) is 0 Å². The van der Waals surface area contributed by atoms with Crippen molar-refractivity contribution in [2.24, 2.45) is 11.8 Å². The van der Waals surface area contributed by atoms with Crippen molar-refractivity contribution in [2.75, 3.05) is 45.8 Å². The lowest BCUT2D eigenvalue weighted by Crippen LogP contribution is -2.47. The smallest absolute Gasteiger partial charge is 0.227 e. The SMILES string of the molecule is CCCC(=O)N1CCC[C@@H](C(=O)N2CCCN(CC3CCCCC3)CC2)C1. The van der Waals surface area contributed by atoms with Gasteiger partial charge in [-0.3, -0.25) is 9.59 Å². The Morgan fingerprint density at radius 1 is 0.815 bits per heavy atom. The molecule has 5 heteroatoms. The Morgan fingerprint density at radius 3 is 2.37 bits per heavy atom. The Labute approximate surface area is 165 Å². The second-order valence-electron chi connectivity index (χ2n) is 8.91. The number of carbonyl (C=O) groups excluding carboxylic acids is 2. The Kier molecular flexibility index (Phi) is 7.98. The molecule has 3 rings (SSSR count). The molecule has 2 aliphatic heterocycles. The van der Waals surface area contributed by atoms with Gasteiger partial charge in [0.05, 0.1) is 5.92 Å². The Morgan fingerprint density at radius 2 is 1.59 bits per heavy atom. The van der Waals surface area contributed by atoms with Crippen LogP contribution in [0.2, 0.25) is 0 Å². The zero-order valence-corrected chi connectivity index (χ0v) is 17.3. The quantitative estimate of drug-likeness (QED) is 0.739. The first-order chi connectivity index (χ1) is 13.2. The van der Waals surface area contributed by atoms with Crippen molar-refractivity contribution in [3.05, 3.63) is 0 Å². The Balaban J connectivity index is 1.47. The van der Waals surface area contributed by atoms with Crippen molar-refractivity contribution in [1.82, 2.24) is 14.7 Å². The van der Waals surface area contributed by atoms with E-state index in [2.05, 4.69) is 9.80 Å². The fourth-order valence-electron chi connectivity index (χ4n) is 5.14. The number of piperidine rings is 1. The van der Waals surface area contributed by atoms with E-state index < -0.39 is 0 Å². The molecule has 3 fully saturated rings. The van der Waals surface area contributed by atoms with E-state index in [1.807, 2.05) is 11.8 Å². The molecule has 154 valence electrons. The third kappa shape index (κ3) is 5.94. The van der Waals surface area contributed by atoms with E-state index in [9.17, 15) is 9.59 Å². The molecule has 5 nitrogen and oxygen atoms in total. The summed E-state index contributed by atoms with van der Waals surface area (Å²) in [4.78, 5) is 32.0. The molecule has 0 unspecified atom stereocenters. The number of hydrogen-bond acceptors (Lipinski definition) is 3. The van der Waals surface area contributed by atoms with Crippen LogP contribution in [-0.2, 0) is 9.59 Å². The van der Waals surface area contributed by atoms with Crippen LogP contribution in [0, 0.1) is 11.8 Å². The minimum atomic E-state index is 0.0180. The van der Waals surface area contributed by atoms with Crippen LogP contribution in [0.5, 0.6) is 0 Å². The summed E-state index contributed by atoms with van der Waals surface area (Å²) >= 11 is 0. The van der Waals surface area contributed by atoms with Crippen LogP contribution >= 0.6 is 0 Å². The highest BCUT2D eigenvalue weighted by molar-refractivity contribution is 5.81. The van der Waals surface area contributed by atoms with Crippen molar-refractivity contribution >= 4 is 11.8 Å². The lowest BCUT2D eigenvalue weighted by molar-refractivity contribution is -0.140. The van der Waals surface area contributed by atoms with E-state index >= 15 is 0 Å². The average Bonchev–Trinajstić information content (AvgIpc) is 2.94. The van der Waals surface area contributed by atoms with Gasteiger partial charge in [-0.25, -0.2) is 0 Å². The second kappa shape index (κ2) is 10.4. The summed E-state index contributed by atoms with van der Waals surface area (Å²) in [6.07, 6.45) is 11.5. The fourth-order valence-corrected chi connectivity index (χ4v) is 5.14. The second-order valence-corrected chi connectivity index (χ2v) is 8.91. The van der Waals surface area contributed by atoms with Gasteiger partial charge in [0.15, 0.2) is 0 Å². The van der Waals surface area contributed by atoms with E-state index in [-0.39, 0.29) is 11.8 Å². The van der Waals surface area contributed by atoms with Gasteiger partial charge in [-0.2, -0.15) is 0 Å². The number of likely N-dealkylation sites (tertiary alicyclic amines) is 1. The molecule has 0 aromatic carbocycles. The maximum Gasteiger partial charge on any atom is 0.227 e. The molecule has 1 saturated carbocycles. The summed E-state index contributed by atoms with van der Waals surface area (Å²) in [6, 6.07) is 0. The Hall–Kier alpha value is -1.10. The molecule has 2 heterocycles. The topological polar surface area (TPSA) is 43.9 Å². The molecule has 0 bridgehead atoms. The number of nitrogens with zero attached hydrogens (tertiary/aromatic N) is 3. The van der Waals surface area contributed by atoms with Gasteiger partial charge in [-0.1, -0.05) is 26.2 Å². The summed E-state index contributed by atoms with van der Waals surface area (Å²) in [5, 5.41) is 0. The molecular weight excluding hydrogens is 338 g/mol. The van der Waals surface area contributed by atoms with Crippen molar-refractivity contribution in [3.8, 4) is 0 Å². The van der Waals surface area contributed by atoms with Crippen molar-refractivity contribution in [3.63, 3.8) is 0 Å². The normalized spacial score (nSPS) is 26.0. The van der Waals surface area contributed by atoms with Gasteiger partial charge in [-0.15, -0.1) is 0 Å². The lowest BCUT2D eigenvalue weighted by Gasteiger charge is -2.35. The fraction of sp³-hybridized carbons (Fsp3) is 0.909. The number of amides is 2. The van der Waals surface area contributed by atoms with Gasteiger partial charge in [0, 0.05) is 45.7 Å². The summed E-state index contributed by atoms with van der Waals surface area (Å²) in [5.74, 6) is 1.41. The molecule has 2 amide bonds. The first kappa shape index (κ1) is 20.6. The number of carbonyl (C=O) groups is 2.